The Balaban J connectivity index is 1.36. The summed E-state index contributed by atoms with van der Waals surface area (Å²) in [5, 5.41) is 7.75. The van der Waals surface area contributed by atoms with Gasteiger partial charge in [-0.1, -0.05) is 48.5 Å². The number of hydrogen-bond donors (Lipinski definition) is 1. The molecule has 1 unspecified atom stereocenters. The Morgan fingerprint density at radius 2 is 1.77 bits per heavy atom. The number of piperazine rings is 1. The monoisotopic (exact) mass is 402 g/mol. The second kappa shape index (κ2) is 7.61. The topological polar surface area (TPSA) is 59.4 Å². The zero-order valence-corrected chi connectivity index (χ0v) is 17.3. The minimum Gasteiger partial charge on any atom is -0.448 e. The number of ether oxygens (including phenoxy) is 1. The molecule has 30 heavy (non-hydrogen) atoms. The number of amides is 1. The Morgan fingerprint density at radius 1 is 1.10 bits per heavy atom. The zero-order chi connectivity index (χ0) is 20.7. The maximum atomic E-state index is 13.1. The van der Waals surface area contributed by atoms with Gasteiger partial charge in [-0.25, -0.2) is 4.79 Å². The van der Waals surface area contributed by atoms with Crippen LogP contribution in [0.25, 0.3) is 11.1 Å². The minimum absolute atomic E-state index is 0.0666. The standard InChI is InChI=1S/C24H26N4O2/c1-16-21(13-26-27(16)2)23-14-25-11-12-28(23)24(29)30-15-22-19-9-5-3-7-17(19)18-8-4-6-10-20(18)22/h3-10,13,22-23,25H,11-12,14-15H2,1-2H3. The molecule has 2 aromatic carbocycles. The molecule has 6 nitrogen and oxygen atoms in total. The number of fused-ring (bicyclic) bond motifs is 3. The zero-order valence-electron chi connectivity index (χ0n) is 17.3. The quantitative estimate of drug-likeness (QED) is 0.727. The van der Waals surface area contributed by atoms with Crippen molar-refractivity contribution < 1.29 is 9.53 Å². The second-order valence-corrected chi connectivity index (χ2v) is 8.03. The smallest absolute Gasteiger partial charge is 0.410 e. The molecule has 154 valence electrons. The fourth-order valence-corrected chi connectivity index (χ4v) is 4.72. The van der Waals surface area contributed by atoms with Crippen molar-refractivity contribution in [3.05, 3.63) is 77.1 Å². The van der Waals surface area contributed by atoms with Gasteiger partial charge >= 0.3 is 6.09 Å². The molecule has 1 fully saturated rings. The van der Waals surface area contributed by atoms with Crippen LogP contribution in [0.4, 0.5) is 4.79 Å². The first-order chi connectivity index (χ1) is 14.6. The van der Waals surface area contributed by atoms with E-state index in [4.69, 9.17) is 4.74 Å². The van der Waals surface area contributed by atoms with E-state index in [9.17, 15) is 4.79 Å². The molecule has 5 rings (SSSR count). The normalized spacial score (nSPS) is 18.2. The van der Waals surface area contributed by atoms with Crippen LogP contribution in [0.2, 0.25) is 0 Å². The molecule has 1 atom stereocenters. The fraction of sp³-hybridized carbons (Fsp3) is 0.333. The van der Waals surface area contributed by atoms with Gasteiger partial charge in [-0.05, 0) is 29.2 Å². The highest BCUT2D eigenvalue weighted by molar-refractivity contribution is 5.79. The van der Waals surface area contributed by atoms with Crippen molar-refractivity contribution in [3.8, 4) is 11.1 Å². The SMILES string of the molecule is Cc1c(C2CNCCN2C(=O)OCC2c3ccccc3-c3ccccc32)cnn1C. The van der Waals surface area contributed by atoms with Crippen molar-refractivity contribution in [2.45, 2.75) is 18.9 Å². The molecular weight excluding hydrogens is 376 g/mol. The molecule has 0 saturated carbocycles. The summed E-state index contributed by atoms with van der Waals surface area (Å²) in [6, 6.07) is 16.7. The van der Waals surface area contributed by atoms with Crippen LogP contribution < -0.4 is 5.32 Å². The van der Waals surface area contributed by atoms with Crippen molar-refractivity contribution in [1.29, 1.82) is 0 Å². The molecular formula is C24H26N4O2. The number of nitrogens with one attached hydrogen (secondary N) is 1. The summed E-state index contributed by atoms with van der Waals surface area (Å²) in [5.74, 6) is 0.0721. The number of nitrogens with zero attached hydrogens (tertiary/aromatic N) is 3. The van der Waals surface area contributed by atoms with Crippen LogP contribution in [0.1, 0.15) is 34.3 Å². The molecule has 1 N–H and O–H groups in total. The highest BCUT2D eigenvalue weighted by atomic mass is 16.6. The number of aryl methyl sites for hydroxylation is 1. The van der Waals surface area contributed by atoms with Crippen molar-refractivity contribution >= 4 is 6.09 Å². The van der Waals surface area contributed by atoms with Gasteiger partial charge in [-0.2, -0.15) is 5.10 Å². The third-order valence-electron chi connectivity index (χ3n) is 6.45. The molecule has 3 aromatic rings. The van der Waals surface area contributed by atoms with E-state index < -0.39 is 0 Å². The first kappa shape index (κ1) is 18.9. The second-order valence-electron chi connectivity index (χ2n) is 8.03. The third kappa shape index (κ3) is 3.08. The van der Waals surface area contributed by atoms with Gasteiger partial charge in [0.05, 0.1) is 12.2 Å². The maximum absolute atomic E-state index is 13.1. The summed E-state index contributed by atoms with van der Waals surface area (Å²) in [7, 11) is 1.92. The Hall–Kier alpha value is -3.12. The Labute approximate surface area is 176 Å². The summed E-state index contributed by atoms with van der Waals surface area (Å²) in [6.07, 6.45) is 1.60. The summed E-state index contributed by atoms with van der Waals surface area (Å²) in [4.78, 5) is 15.0. The third-order valence-corrected chi connectivity index (χ3v) is 6.45. The predicted molar refractivity (Wildman–Crippen MR) is 115 cm³/mol. The average molecular weight is 402 g/mol. The molecule has 1 aliphatic carbocycles. The molecule has 1 saturated heterocycles. The summed E-state index contributed by atoms with van der Waals surface area (Å²) in [6.45, 7) is 4.47. The molecule has 0 spiro atoms. The van der Waals surface area contributed by atoms with Gasteiger partial charge in [0, 0.05) is 43.9 Å². The Morgan fingerprint density at radius 3 is 2.40 bits per heavy atom. The fourth-order valence-electron chi connectivity index (χ4n) is 4.72. The van der Waals surface area contributed by atoms with Crippen LogP contribution in [0, 0.1) is 6.92 Å². The first-order valence-corrected chi connectivity index (χ1v) is 10.5. The van der Waals surface area contributed by atoms with Crippen LogP contribution in [0.15, 0.2) is 54.7 Å². The van der Waals surface area contributed by atoms with Gasteiger partial charge in [-0.15, -0.1) is 0 Å². The Bertz CT molecular complexity index is 1040. The molecule has 0 bridgehead atoms. The number of benzene rings is 2. The highest BCUT2D eigenvalue weighted by Gasteiger charge is 2.33. The number of carbonyl (C=O) groups excluding carboxylic acids is 1. The van der Waals surface area contributed by atoms with Crippen LogP contribution in [-0.2, 0) is 11.8 Å². The van der Waals surface area contributed by atoms with Crippen molar-refractivity contribution in [3.63, 3.8) is 0 Å². The summed E-state index contributed by atoms with van der Waals surface area (Å²) in [5.41, 5.74) is 7.07. The van der Waals surface area contributed by atoms with Crippen LogP contribution in [-0.4, -0.2) is 47.0 Å². The number of carbonyl (C=O) groups is 1. The molecule has 1 amide bonds. The largest absolute Gasteiger partial charge is 0.448 e. The van der Waals surface area contributed by atoms with E-state index in [-0.39, 0.29) is 18.1 Å². The lowest BCUT2D eigenvalue weighted by Gasteiger charge is -2.35. The van der Waals surface area contributed by atoms with E-state index in [0.717, 1.165) is 17.8 Å². The van der Waals surface area contributed by atoms with Gasteiger partial charge < -0.3 is 10.1 Å². The molecule has 2 heterocycles. The number of hydrogen-bond acceptors (Lipinski definition) is 4. The lowest BCUT2D eigenvalue weighted by molar-refractivity contribution is 0.0751. The van der Waals surface area contributed by atoms with Crippen molar-refractivity contribution in [1.82, 2.24) is 20.0 Å². The average Bonchev–Trinajstić information content (AvgIpc) is 3.29. The minimum atomic E-state index is -0.258. The van der Waals surface area contributed by atoms with E-state index >= 15 is 0 Å². The molecule has 0 radical (unpaired) electrons. The number of rotatable bonds is 3. The van der Waals surface area contributed by atoms with Gasteiger partial charge in [-0.3, -0.25) is 9.58 Å². The maximum Gasteiger partial charge on any atom is 0.410 e. The van der Waals surface area contributed by atoms with Crippen LogP contribution in [0.5, 0.6) is 0 Å². The van der Waals surface area contributed by atoms with Crippen LogP contribution in [0.3, 0.4) is 0 Å². The lowest BCUT2D eigenvalue weighted by atomic mass is 9.98. The van der Waals surface area contributed by atoms with Crippen LogP contribution >= 0.6 is 0 Å². The summed E-state index contributed by atoms with van der Waals surface area (Å²) >= 11 is 0. The van der Waals surface area contributed by atoms with Gasteiger partial charge in [0.1, 0.15) is 6.61 Å². The number of aromatic nitrogens is 2. The predicted octanol–water partition coefficient (Wildman–Crippen LogP) is 3.62. The van der Waals surface area contributed by atoms with Gasteiger partial charge in [0.2, 0.25) is 0 Å². The van der Waals surface area contributed by atoms with Crippen molar-refractivity contribution in [2.75, 3.05) is 26.2 Å². The molecule has 2 aliphatic rings. The van der Waals surface area contributed by atoms with E-state index in [1.54, 1.807) is 0 Å². The molecule has 1 aliphatic heterocycles. The molecule has 6 heteroatoms. The van der Waals surface area contributed by atoms with Gasteiger partial charge in [0.15, 0.2) is 0 Å². The first-order valence-electron chi connectivity index (χ1n) is 10.5. The molecule has 1 aromatic heterocycles. The van der Waals surface area contributed by atoms with E-state index in [1.807, 2.05) is 29.7 Å². The van der Waals surface area contributed by atoms with E-state index in [0.29, 0.717) is 19.7 Å². The van der Waals surface area contributed by atoms with Gasteiger partial charge in [0.25, 0.3) is 0 Å². The highest BCUT2D eigenvalue weighted by Crippen LogP contribution is 2.44. The van der Waals surface area contributed by atoms with E-state index in [1.165, 1.54) is 22.3 Å². The van der Waals surface area contributed by atoms with Crippen molar-refractivity contribution in [2.24, 2.45) is 7.05 Å². The summed E-state index contributed by atoms with van der Waals surface area (Å²) < 4.78 is 7.76. The van der Waals surface area contributed by atoms with E-state index in [2.05, 4.69) is 58.9 Å². The lowest BCUT2D eigenvalue weighted by Crippen LogP contribution is -2.49. The Kier molecular flexibility index (Phi) is 4.79.